The fourth-order valence-corrected chi connectivity index (χ4v) is 2.82. The number of hydrogen-bond acceptors (Lipinski definition) is 7. The Morgan fingerprint density at radius 2 is 1.85 bits per heavy atom. The summed E-state index contributed by atoms with van der Waals surface area (Å²) in [6.07, 6.45) is 4.10. The van der Waals surface area contributed by atoms with E-state index in [0.717, 1.165) is 44.8 Å². The van der Waals surface area contributed by atoms with Crippen molar-refractivity contribution in [2.75, 3.05) is 31.6 Å². The predicted molar refractivity (Wildman–Crippen MR) is 96.7 cm³/mol. The number of nitro groups is 1. The summed E-state index contributed by atoms with van der Waals surface area (Å²) in [6.45, 7) is 0.780. The van der Waals surface area contributed by atoms with E-state index >= 15 is 0 Å². The molecule has 27 heavy (non-hydrogen) atoms. The highest BCUT2D eigenvalue weighted by molar-refractivity contribution is 5.97. The Morgan fingerprint density at radius 1 is 1.19 bits per heavy atom. The number of nitrogens with zero attached hydrogens (tertiary/aromatic N) is 2. The van der Waals surface area contributed by atoms with Crippen LogP contribution >= 0.6 is 0 Å². The Labute approximate surface area is 156 Å². The SMILES string of the molecule is CNC(=O)NC(=O)COC(=O)c1ccc(N2CCCCCC2)c([N+](=O)[O-])c1. The molecule has 0 saturated carbocycles. The normalized spacial score (nSPS) is 14.0. The maximum atomic E-state index is 12.1. The Morgan fingerprint density at radius 3 is 2.44 bits per heavy atom. The van der Waals surface area contributed by atoms with Crippen molar-refractivity contribution >= 4 is 29.3 Å². The van der Waals surface area contributed by atoms with E-state index in [4.69, 9.17) is 4.74 Å². The lowest BCUT2D eigenvalue weighted by Crippen LogP contribution is -2.39. The number of rotatable bonds is 5. The van der Waals surface area contributed by atoms with E-state index in [-0.39, 0.29) is 11.3 Å². The average Bonchev–Trinajstić information content (AvgIpc) is 2.94. The van der Waals surface area contributed by atoms with Gasteiger partial charge in [-0.15, -0.1) is 0 Å². The number of nitro benzene ring substituents is 1. The quantitative estimate of drug-likeness (QED) is 0.452. The van der Waals surface area contributed by atoms with Crippen molar-refractivity contribution in [1.82, 2.24) is 10.6 Å². The molecule has 1 aromatic rings. The van der Waals surface area contributed by atoms with Gasteiger partial charge in [0, 0.05) is 26.2 Å². The van der Waals surface area contributed by atoms with Crippen LogP contribution in [0.5, 0.6) is 0 Å². The Hall–Kier alpha value is -3.17. The van der Waals surface area contributed by atoms with E-state index < -0.39 is 29.4 Å². The van der Waals surface area contributed by atoms with Crippen LogP contribution in [0, 0.1) is 10.1 Å². The van der Waals surface area contributed by atoms with Crippen molar-refractivity contribution in [3.05, 3.63) is 33.9 Å². The largest absolute Gasteiger partial charge is 0.452 e. The van der Waals surface area contributed by atoms with Crippen LogP contribution in [0.2, 0.25) is 0 Å². The number of esters is 1. The number of nitrogens with one attached hydrogen (secondary N) is 2. The summed E-state index contributed by atoms with van der Waals surface area (Å²) < 4.78 is 4.81. The Balaban J connectivity index is 2.10. The number of anilines is 1. The maximum absolute atomic E-state index is 12.1. The molecule has 1 aromatic carbocycles. The zero-order valence-corrected chi connectivity index (χ0v) is 15.0. The monoisotopic (exact) mass is 378 g/mol. The smallest absolute Gasteiger partial charge is 0.338 e. The van der Waals surface area contributed by atoms with Crippen molar-refractivity contribution in [2.24, 2.45) is 0 Å². The van der Waals surface area contributed by atoms with E-state index in [2.05, 4.69) is 5.32 Å². The molecule has 10 heteroatoms. The first-order valence-electron chi connectivity index (χ1n) is 8.64. The summed E-state index contributed by atoms with van der Waals surface area (Å²) in [5, 5.41) is 15.6. The third kappa shape index (κ3) is 5.66. The molecule has 1 saturated heterocycles. The molecule has 0 unspecified atom stereocenters. The Bertz CT molecular complexity index is 728. The molecule has 0 spiro atoms. The lowest BCUT2D eigenvalue weighted by molar-refractivity contribution is -0.384. The first-order valence-corrected chi connectivity index (χ1v) is 8.64. The number of hydrogen-bond donors (Lipinski definition) is 2. The number of urea groups is 1. The molecular formula is C17H22N4O6. The molecule has 3 amide bonds. The van der Waals surface area contributed by atoms with E-state index in [9.17, 15) is 24.5 Å². The molecule has 2 N–H and O–H groups in total. The van der Waals surface area contributed by atoms with Crippen LogP contribution in [-0.4, -0.2) is 49.6 Å². The van der Waals surface area contributed by atoms with Crippen LogP contribution in [0.4, 0.5) is 16.2 Å². The molecular weight excluding hydrogens is 356 g/mol. The van der Waals surface area contributed by atoms with Crippen LogP contribution in [0.1, 0.15) is 36.0 Å². The average molecular weight is 378 g/mol. The molecule has 0 aliphatic carbocycles. The number of imide groups is 1. The zero-order chi connectivity index (χ0) is 19.8. The molecule has 0 radical (unpaired) electrons. The predicted octanol–water partition coefficient (Wildman–Crippen LogP) is 1.59. The minimum absolute atomic E-state index is 0.0342. The van der Waals surface area contributed by atoms with E-state index in [1.807, 2.05) is 10.2 Å². The highest BCUT2D eigenvalue weighted by atomic mass is 16.6. The molecule has 2 rings (SSSR count). The van der Waals surface area contributed by atoms with E-state index in [0.29, 0.717) is 5.69 Å². The van der Waals surface area contributed by atoms with Gasteiger partial charge < -0.3 is 15.0 Å². The molecule has 0 atom stereocenters. The molecule has 0 bridgehead atoms. The van der Waals surface area contributed by atoms with Crippen molar-refractivity contribution < 1.29 is 24.0 Å². The first-order chi connectivity index (χ1) is 12.9. The van der Waals surface area contributed by atoms with Gasteiger partial charge in [0.15, 0.2) is 6.61 Å². The summed E-state index contributed by atoms with van der Waals surface area (Å²) >= 11 is 0. The van der Waals surface area contributed by atoms with Crippen molar-refractivity contribution in [3.63, 3.8) is 0 Å². The number of benzene rings is 1. The molecule has 0 aromatic heterocycles. The number of ether oxygens (including phenoxy) is 1. The molecule has 1 aliphatic heterocycles. The number of carbonyl (C=O) groups excluding carboxylic acids is 3. The summed E-state index contributed by atoms with van der Waals surface area (Å²) in [7, 11) is 1.33. The fraction of sp³-hybridized carbons (Fsp3) is 0.471. The summed E-state index contributed by atoms with van der Waals surface area (Å²) in [4.78, 5) is 47.4. The van der Waals surface area contributed by atoms with Gasteiger partial charge in [-0.2, -0.15) is 0 Å². The molecule has 1 heterocycles. The van der Waals surface area contributed by atoms with Gasteiger partial charge in [-0.05, 0) is 25.0 Å². The van der Waals surface area contributed by atoms with E-state index in [1.54, 1.807) is 0 Å². The minimum Gasteiger partial charge on any atom is -0.452 e. The highest BCUT2D eigenvalue weighted by Gasteiger charge is 2.23. The standard InChI is InChI=1S/C17H22N4O6/c1-18-17(24)19-15(22)11-27-16(23)12-6-7-13(14(10-12)21(25)26)20-8-4-2-3-5-9-20/h6-7,10H,2-5,8-9,11H2,1H3,(H2,18,19,22,24). The van der Waals surface area contributed by atoms with Gasteiger partial charge in [0.05, 0.1) is 10.5 Å². The lowest BCUT2D eigenvalue weighted by Gasteiger charge is -2.22. The second kappa shape index (κ2) is 9.51. The highest BCUT2D eigenvalue weighted by Crippen LogP contribution is 2.31. The second-order valence-corrected chi connectivity index (χ2v) is 6.07. The van der Waals surface area contributed by atoms with Crippen LogP contribution in [0.3, 0.4) is 0 Å². The molecule has 146 valence electrons. The first kappa shape index (κ1) is 20.1. The van der Waals surface area contributed by atoms with Crippen LogP contribution in [0.15, 0.2) is 18.2 Å². The summed E-state index contributed by atoms with van der Waals surface area (Å²) in [5.41, 5.74) is 0.255. The topological polar surface area (TPSA) is 131 Å². The third-order valence-electron chi connectivity index (χ3n) is 4.17. The van der Waals surface area contributed by atoms with Gasteiger partial charge in [-0.1, -0.05) is 12.8 Å². The van der Waals surface area contributed by atoms with Crippen LogP contribution in [-0.2, 0) is 9.53 Å². The van der Waals surface area contributed by atoms with Crippen molar-refractivity contribution in [3.8, 4) is 0 Å². The lowest BCUT2D eigenvalue weighted by atomic mass is 10.1. The van der Waals surface area contributed by atoms with Crippen LogP contribution < -0.4 is 15.5 Å². The summed E-state index contributed by atoms with van der Waals surface area (Å²) in [6, 6.07) is 3.39. The van der Waals surface area contributed by atoms with Gasteiger partial charge in [0.2, 0.25) is 0 Å². The maximum Gasteiger partial charge on any atom is 0.338 e. The Kier molecular flexibility index (Phi) is 7.09. The van der Waals surface area contributed by atoms with Gasteiger partial charge in [0.1, 0.15) is 5.69 Å². The third-order valence-corrected chi connectivity index (χ3v) is 4.17. The number of amides is 3. The van der Waals surface area contributed by atoms with Crippen molar-refractivity contribution in [1.29, 1.82) is 0 Å². The van der Waals surface area contributed by atoms with Gasteiger partial charge in [-0.3, -0.25) is 20.2 Å². The fourth-order valence-electron chi connectivity index (χ4n) is 2.82. The van der Waals surface area contributed by atoms with E-state index in [1.165, 1.54) is 19.2 Å². The van der Waals surface area contributed by atoms with Gasteiger partial charge in [-0.25, -0.2) is 9.59 Å². The van der Waals surface area contributed by atoms with Crippen molar-refractivity contribution in [2.45, 2.75) is 25.7 Å². The summed E-state index contributed by atoms with van der Waals surface area (Å²) in [5.74, 6) is -1.69. The minimum atomic E-state index is -0.882. The van der Waals surface area contributed by atoms with Crippen LogP contribution in [0.25, 0.3) is 0 Å². The second-order valence-electron chi connectivity index (χ2n) is 6.07. The molecule has 10 nitrogen and oxygen atoms in total. The molecule has 1 fully saturated rings. The number of carbonyl (C=O) groups is 3. The molecule has 1 aliphatic rings. The zero-order valence-electron chi connectivity index (χ0n) is 15.0. The van der Waals surface area contributed by atoms with Gasteiger partial charge >= 0.3 is 12.0 Å². The van der Waals surface area contributed by atoms with Gasteiger partial charge in [0.25, 0.3) is 11.6 Å².